The minimum atomic E-state index is -0.789. The van der Waals surface area contributed by atoms with Crippen LogP contribution in [0.1, 0.15) is 16.2 Å². The van der Waals surface area contributed by atoms with E-state index < -0.39 is 11.6 Å². The molecule has 7 heteroatoms. The Labute approximate surface area is 106 Å². The van der Waals surface area contributed by atoms with Crippen molar-refractivity contribution < 1.29 is 13.6 Å². The summed E-state index contributed by atoms with van der Waals surface area (Å²) in [5, 5.41) is 7.98. The topological polar surface area (TPSA) is 47.8 Å². The molecule has 0 amide bonds. The maximum Gasteiger partial charge on any atom is 0.195 e. The van der Waals surface area contributed by atoms with Crippen LogP contribution >= 0.6 is 11.8 Å². The number of carbonyl (C=O) groups excluding carboxylic acids is 1. The Bertz CT molecular complexity index is 589. The van der Waals surface area contributed by atoms with E-state index in [0.29, 0.717) is 17.3 Å². The average molecular weight is 269 g/mol. The number of rotatable bonds is 3. The first kappa shape index (κ1) is 12.7. The van der Waals surface area contributed by atoms with E-state index in [4.69, 9.17) is 0 Å². The summed E-state index contributed by atoms with van der Waals surface area (Å²) in [4.78, 5) is 10.3. The lowest BCUT2D eigenvalue weighted by atomic mass is 10.2. The minimum absolute atomic E-state index is 0.0384. The van der Waals surface area contributed by atoms with Crippen molar-refractivity contribution in [2.24, 2.45) is 7.05 Å². The van der Waals surface area contributed by atoms with Crippen molar-refractivity contribution in [2.45, 2.75) is 17.0 Å². The van der Waals surface area contributed by atoms with Crippen LogP contribution in [0.3, 0.4) is 0 Å². The highest BCUT2D eigenvalue weighted by Crippen LogP contribution is 2.31. The maximum atomic E-state index is 13.6. The number of halogens is 2. The summed E-state index contributed by atoms with van der Waals surface area (Å²) in [5.74, 6) is -0.937. The molecule has 0 fully saturated rings. The van der Waals surface area contributed by atoms with Gasteiger partial charge in [-0.3, -0.25) is 4.79 Å². The molecule has 2 rings (SSSR count). The largest absolute Gasteiger partial charge is 0.309 e. The van der Waals surface area contributed by atoms with Gasteiger partial charge in [0, 0.05) is 12.6 Å². The fourth-order valence-corrected chi connectivity index (χ4v) is 2.16. The third-order valence-corrected chi connectivity index (χ3v) is 3.53. The molecule has 1 aromatic heterocycles. The number of hydrogen-bond acceptors (Lipinski definition) is 4. The molecule has 0 radical (unpaired) electrons. The SMILES string of the molecule is Cc1nnc(Sc2c(F)cc(C=O)cc2F)n1C. The number of hydrogen-bond donors (Lipinski definition) is 0. The third kappa shape index (κ3) is 2.26. The van der Waals surface area contributed by atoms with Gasteiger partial charge >= 0.3 is 0 Å². The van der Waals surface area contributed by atoms with Crippen molar-refractivity contribution in [1.82, 2.24) is 14.8 Å². The van der Waals surface area contributed by atoms with E-state index in [1.54, 1.807) is 18.5 Å². The van der Waals surface area contributed by atoms with Crippen LogP contribution < -0.4 is 0 Å². The maximum absolute atomic E-state index is 13.6. The third-order valence-electron chi connectivity index (χ3n) is 2.40. The molecule has 18 heavy (non-hydrogen) atoms. The summed E-state index contributed by atoms with van der Waals surface area (Å²) in [7, 11) is 1.70. The molecule has 4 nitrogen and oxygen atoms in total. The lowest BCUT2D eigenvalue weighted by Crippen LogP contribution is -1.96. The van der Waals surface area contributed by atoms with E-state index in [-0.39, 0.29) is 10.5 Å². The fraction of sp³-hybridized carbons (Fsp3) is 0.182. The molecule has 0 unspecified atom stereocenters. The van der Waals surface area contributed by atoms with Gasteiger partial charge in [-0.15, -0.1) is 10.2 Å². The van der Waals surface area contributed by atoms with Crippen molar-refractivity contribution in [3.05, 3.63) is 35.2 Å². The second-order valence-electron chi connectivity index (χ2n) is 3.62. The van der Waals surface area contributed by atoms with Gasteiger partial charge in [-0.2, -0.15) is 0 Å². The van der Waals surface area contributed by atoms with E-state index in [0.717, 1.165) is 23.9 Å². The number of aryl methyl sites for hydroxylation is 1. The van der Waals surface area contributed by atoms with Crippen LogP contribution in [0.5, 0.6) is 0 Å². The quantitative estimate of drug-likeness (QED) is 0.803. The van der Waals surface area contributed by atoms with Gasteiger partial charge in [0.2, 0.25) is 0 Å². The lowest BCUT2D eigenvalue weighted by molar-refractivity contribution is 0.112. The molecule has 1 aromatic carbocycles. The molecule has 2 aromatic rings. The van der Waals surface area contributed by atoms with Crippen LogP contribution in [0.2, 0.25) is 0 Å². The molecular weight excluding hydrogens is 260 g/mol. The van der Waals surface area contributed by atoms with Gasteiger partial charge in [-0.25, -0.2) is 8.78 Å². The fourth-order valence-electron chi connectivity index (χ4n) is 1.31. The van der Waals surface area contributed by atoms with E-state index >= 15 is 0 Å². The van der Waals surface area contributed by atoms with E-state index in [1.807, 2.05) is 0 Å². The Morgan fingerprint density at radius 1 is 1.28 bits per heavy atom. The van der Waals surface area contributed by atoms with Gasteiger partial charge in [-0.1, -0.05) is 0 Å². The molecule has 0 aliphatic carbocycles. The van der Waals surface area contributed by atoms with Gasteiger partial charge in [0.25, 0.3) is 0 Å². The average Bonchev–Trinajstić information content (AvgIpc) is 2.65. The molecule has 1 heterocycles. The summed E-state index contributed by atoms with van der Waals surface area (Å²) < 4.78 is 28.9. The summed E-state index contributed by atoms with van der Waals surface area (Å²) in [6, 6.07) is 1.98. The number of aromatic nitrogens is 3. The molecule has 0 N–H and O–H groups in total. The molecular formula is C11H9F2N3OS. The number of aldehydes is 1. The Hall–Kier alpha value is -1.76. The van der Waals surface area contributed by atoms with E-state index in [9.17, 15) is 13.6 Å². The molecule has 0 saturated heterocycles. The highest BCUT2D eigenvalue weighted by atomic mass is 32.2. The van der Waals surface area contributed by atoms with Crippen molar-refractivity contribution >= 4 is 18.0 Å². The van der Waals surface area contributed by atoms with Gasteiger partial charge in [0.1, 0.15) is 23.7 Å². The Kier molecular flexibility index (Phi) is 3.42. The zero-order valence-corrected chi connectivity index (χ0v) is 10.5. The molecule has 0 bridgehead atoms. The Morgan fingerprint density at radius 3 is 2.33 bits per heavy atom. The predicted molar refractivity (Wildman–Crippen MR) is 61.6 cm³/mol. The highest BCUT2D eigenvalue weighted by Gasteiger charge is 2.16. The van der Waals surface area contributed by atoms with Crippen molar-refractivity contribution in [1.29, 1.82) is 0 Å². The van der Waals surface area contributed by atoms with Crippen LogP contribution in [0.4, 0.5) is 8.78 Å². The number of carbonyl (C=O) groups is 1. The van der Waals surface area contributed by atoms with Gasteiger partial charge < -0.3 is 4.57 Å². The normalized spacial score (nSPS) is 10.7. The second kappa shape index (κ2) is 4.85. The standard InChI is InChI=1S/C11H9F2N3OS/c1-6-14-15-11(16(6)2)18-10-8(12)3-7(5-17)4-9(10)13/h3-5H,1-2H3. The Balaban J connectivity index is 2.40. The van der Waals surface area contributed by atoms with Crippen LogP contribution in [0, 0.1) is 18.6 Å². The second-order valence-corrected chi connectivity index (χ2v) is 4.60. The van der Waals surface area contributed by atoms with Crippen LogP contribution in [0.25, 0.3) is 0 Å². The smallest absolute Gasteiger partial charge is 0.195 e. The van der Waals surface area contributed by atoms with E-state index in [2.05, 4.69) is 10.2 Å². The number of benzene rings is 1. The summed E-state index contributed by atoms with van der Waals surface area (Å²) in [5.41, 5.74) is -0.0384. The summed E-state index contributed by atoms with van der Waals surface area (Å²) in [6.45, 7) is 1.74. The first-order valence-corrected chi connectivity index (χ1v) is 5.82. The zero-order chi connectivity index (χ0) is 13.3. The lowest BCUT2D eigenvalue weighted by Gasteiger charge is -2.05. The van der Waals surface area contributed by atoms with Crippen molar-refractivity contribution in [3.63, 3.8) is 0 Å². The zero-order valence-electron chi connectivity index (χ0n) is 9.65. The molecule has 94 valence electrons. The van der Waals surface area contributed by atoms with Gasteiger partial charge in [-0.05, 0) is 30.8 Å². The molecule has 0 spiro atoms. The van der Waals surface area contributed by atoms with Crippen LogP contribution in [0.15, 0.2) is 22.2 Å². The highest BCUT2D eigenvalue weighted by molar-refractivity contribution is 7.99. The van der Waals surface area contributed by atoms with Crippen molar-refractivity contribution in [2.75, 3.05) is 0 Å². The molecule has 0 aliphatic heterocycles. The molecule has 0 aliphatic rings. The first-order chi connectivity index (χ1) is 8.52. The predicted octanol–water partition coefficient (Wildman–Crippen LogP) is 2.37. The van der Waals surface area contributed by atoms with Crippen LogP contribution in [-0.4, -0.2) is 21.1 Å². The van der Waals surface area contributed by atoms with Gasteiger partial charge in [0.15, 0.2) is 5.16 Å². The van der Waals surface area contributed by atoms with E-state index in [1.165, 1.54) is 0 Å². The van der Waals surface area contributed by atoms with Crippen LogP contribution in [-0.2, 0) is 7.05 Å². The van der Waals surface area contributed by atoms with Crippen molar-refractivity contribution in [3.8, 4) is 0 Å². The monoisotopic (exact) mass is 269 g/mol. The molecule has 0 saturated carbocycles. The summed E-state index contributed by atoms with van der Waals surface area (Å²) >= 11 is 0.831. The Morgan fingerprint density at radius 2 is 1.89 bits per heavy atom. The van der Waals surface area contributed by atoms with Gasteiger partial charge in [0.05, 0.1) is 4.90 Å². The molecule has 0 atom stereocenters. The first-order valence-electron chi connectivity index (χ1n) is 5.01. The number of nitrogens with zero attached hydrogens (tertiary/aromatic N) is 3. The summed E-state index contributed by atoms with van der Waals surface area (Å²) in [6.07, 6.45) is 0.396. The minimum Gasteiger partial charge on any atom is -0.309 e.